The molecule has 2 heterocycles. The van der Waals surface area contributed by atoms with Crippen molar-refractivity contribution in [3.63, 3.8) is 0 Å². The Hall–Kier alpha value is -1.29. The van der Waals surface area contributed by atoms with Gasteiger partial charge in [-0.05, 0) is 36.6 Å². The molecule has 2 aliphatic heterocycles. The molecule has 0 saturated carbocycles. The van der Waals surface area contributed by atoms with Gasteiger partial charge in [0.15, 0.2) is 5.75 Å². The maximum Gasteiger partial charge on any atom is 0.411 e. The molecule has 0 saturated heterocycles. The molecule has 0 bridgehead atoms. The lowest BCUT2D eigenvalue weighted by molar-refractivity contribution is -0.194. The molecule has 2 aliphatic rings. The van der Waals surface area contributed by atoms with Crippen molar-refractivity contribution in [2.45, 2.75) is 40.2 Å². The molecule has 1 aromatic carbocycles. The van der Waals surface area contributed by atoms with Crippen LogP contribution in [0.3, 0.4) is 0 Å². The van der Waals surface area contributed by atoms with Gasteiger partial charge in [0.2, 0.25) is 0 Å². The zero-order chi connectivity index (χ0) is 15.0. The van der Waals surface area contributed by atoms with Gasteiger partial charge in [-0.1, -0.05) is 13.8 Å². The number of hydrogen-bond acceptors (Lipinski definition) is 5. The van der Waals surface area contributed by atoms with Gasteiger partial charge in [-0.2, -0.15) is 4.89 Å². The quantitative estimate of drug-likeness (QED) is 0.623. The molecule has 1 aromatic rings. The minimum absolute atomic E-state index is 0.261. The third-order valence-corrected chi connectivity index (χ3v) is 5.85. The summed E-state index contributed by atoms with van der Waals surface area (Å²) in [5.41, 5.74) is 2.78. The fourth-order valence-corrected chi connectivity index (χ4v) is 5.02. The van der Waals surface area contributed by atoms with Gasteiger partial charge < -0.3 is 9.41 Å². The largest absolute Gasteiger partial charge is 0.425 e. The molecule has 0 radical (unpaired) electrons. The van der Waals surface area contributed by atoms with Crippen LogP contribution in [0.1, 0.15) is 44.7 Å². The first-order valence-corrected chi connectivity index (χ1v) is 8.81. The predicted octanol–water partition coefficient (Wildman–Crippen LogP) is 3.93. The highest BCUT2D eigenvalue weighted by Gasteiger charge is 2.42. The molecule has 0 N–H and O–H groups in total. The number of allylic oxidation sites excluding steroid dienone is 2. The van der Waals surface area contributed by atoms with E-state index in [0.29, 0.717) is 24.1 Å². The van der Waals surface area contributed by atoms with Crippen molar-refractivity contribution in [2.24, 2.45) is 0 Å². The van der Waals surface area contributed by atoms with Crippen LogP contribution in [-0.2, 0) is 25.1 Å². The van der Waals surface area contributed by atoms with E-state index in [-0.39, 0.29) is 6.61 Å². The zero-order valence-corrected chi connectivity index (χ0v) is 13.4. The van der Waals surface area contributed by atoms with Crippen LogP contribution in [0.25, 0.3) is 5.57 Å². The van der Waals surface area contributed by atoms with Crippen LogP contribution < -0.4 is 10.2 Å². The lowest BCUT2D eigenvalue weighted by Gasteiger charge is -2.30. The Kier molecular flexibility index (Phi) is 3.82. The summed E-state index contributed by atoms with van der Waals surface area (Å²) in [6, 6.07) is 3.78. The highest BCUT2D eigenvalue weighted by atomic mass is 31.2. The minimum Gasteiger partial charge on any atom is -0.425 e. The van der Waals surface area contributed by atoms with E-state index >= 15 is 0 Å². The van der Waals surface area contributed by atoms with E-state index in [1.54, 1.807) is 0 Å². The average Bonchev–Trinajstić information content (AvgIpc) is 2.95. The number of fused-ring (bicyclic) bond motifs is 3. The molecule has 114 valence electrons. The van der Waals surface area contributed by atoms with Crippen LogP contribution in [0.2, 0.25) is 0 Å². The molecule has 0 aromatic heterocycles. The zero-order valence-electron chi connectivity index (χ0n) is 12.5. The van der Waals surface area contributed by atoms with Crippen LogP contribution in [-0.4, -0.2) is 6.61 Å². The summed E-state index contributed by atoms with van der Waals surface area (Å²) in [7, 11) is -3.39. The van der Waals surface area contributed by atoms with Crippen molar-refractivity contribution < 1.29 is 23.4 Å². The van der Waals surface area contributed by atoms with E-state index < -0.39 is 7.60 Å². The van der Waals surface area contributed by atoms with E-state index in [4.69, 9.17) is 18.8 Å². The van der Waals surface area contributed by atoms with Crippen molar-refractivity contribution >= 4 is 18.5 Å². The van der Waals surface area contributed by atoms with E-state index in [2.05, 4.69) is 6.92 Å². The molecule has 3 rings (SSSR count). The molecule has 21 heavy (non-hydrogen) atoms. The summed E-state index contributed by atoms with van der Waals surface area (Å²) in [6.45, 7) is 6.45. The fourth-order valence-electron chi connectivity index (χ4n) is 2.87. The van der Waals surface area contributed by atoms with Gasteiger partial charge in [0, 0.05) is 12.0 Å². The third-order valence-electron chi connectivity index (χ3n) is 3.73. The van der Waals surface area contributed by atoms with Gasteiger partial charge >= 0.3 is 7.60 Å². The first-order valence-electron chi connectivity index (χ1n) is 7.27. The SMILES string of the molecule is CCOP1(=O)OC(CC)=C(CC)c2ccc3c(c21)COO3. The topological polar surface area (TPSA) is 54.0 Å². The second kappa shape index (κ2) is 5.48. The lowest BCUT2D eigenvalue weighted by Crippen LogP contribution is -2.23. The van der Waals surface area contributed by atoms with Gasteiger partial charge in [-0.3, -0.25) is 4.52 Å². The number of benzene rings is 1. The average molecular weight is 310 g/mol. The summed E-state index contributed by atoms with van der Waals surface area (Å²) >= 11 is 0. The molecule has 5 nitrogen and oxygen atoms in total. The Morgan fingerprint density at radius 3 is 2.71 bits per heavy atom. The number of rotatable bonds is 4. The normalized spacial score (nSPS) is 23.4. The smallest absolute Gasteiger partial charge is 0.411 e. The van der Waals surface area contributed by atoms with Crippen molar-refractivity contribution in [2.75, 3.05) is 6.61 Å². The third kappa shape index (κ3) is 2.20. The van der Waals surface area contributed by atoms with Gasteiger partial charge in [0.1, 0.15) is 12.4 Å². The molecule has 0 fully saturated rings. The van der Waals surface area contributed by atoms with Crippen molar-refractivity contribution in [1.82, 2.24) is 0 Å². The van der Waals surface area contributed by atoms with E-state index in [9.17, 15) is 4.57 Å². The van der Waals surface area contributed by atoms with Crippen LogP contribution in [0.4, 0.5) is 0 Å². The van der Waals surface area contributed by atoms with Gasteiger partial charge in [0.25, 0.3) is 0 Å². The maximum absolute atomic E-state index is 13.3. The fraction of sp³-hybridized carbons (Fsp3) is 0.467. The van der Waals surface area contributed by atoms with E-state index in [1.165, 1.54) is 0 Å². The standard InChI is InChI=1S/C15H19O5P/c1-4-10-11-7-8-14-12(9-17-19-14)15(11)21(16,18-6-3)20-13(10)5-2/h7-8H,4-6,9H2,1-3H3. The van der Waals surface area contributed by atoms with E-state index in [1.807, 2.05) is 26.0 Å². The molecule has 0 aliphatic carbocycles. The number of hydrogen-bond donors (Lipinski definition) is 0. The molecular weight excluding hydrogens is 291 g/mol. The second-order valence-corrected chi connectivity index (χ2v) is 6.78. The molecular formula is C15H19O5P. The van der Waals surface area contributed by atoms with Crippen LogP contribution in [0.5, 0.6) is 5.75 Å². The first kappa shape index (κ1) is 14.6. The van der Waals surface area contributed by atoms with Gasteiger partial charge in [0.05, 0.1) is 11.9 Å². The molecule has 1 atom stereocenters. The summed E-state index contributed by atoms with van der Waals surface area (Å²) in [5, 5.41) is 0.605. The Labute approximate surface area is 124 Å². The lowest BCUT2D eigenvalue weighted by atomic mass is 9.98. The van der Waals surface area contributed by atoms with Crippen LogP contribution in [0.15, 0.2) is 17.9 Å². The monoisotopic (exact) mass is 310 g/mol. The predicted molar refractivity (Wildman–Crippen MR) is 79.3 cm³/mol. The second-order valence-electron chi connectivity index (χ2n) is 4.90. The Balaban J connectivity index is 2.28. The minimum atomic E-state index is -3.39. The van der Waals surface area contributed by atoms with Crippen LogP contribution >= 0.6 is 7.60 Å². The molecule has 1 unspecified atom stereocenters. The van der Waals surface area contributed by atoms with E-state index in [0.717, 1.165) is 28.9 Å². The first-order chi connectivity index (χ1) is 10.1. The maximum atomic E-state index is 13.3. The van der Waals surface area contributed by atoms with Gasteiger partial charge in [-0.25, -0.2) is 4.57 Å². The Bertz CT molecular complexity index is 650. The Morgan fingerprint density at radius 2 is 2.05 bits per heavy atom. The molecule has 0 spiro atoms. The van der Waals surface area contributed by atoms with Crippen LogP contribution in [0, 0.1) is 0 Å². The van der Waals surface area contributed by atoms with Crippen molar-refractivity contribution in [3.05, 3.63) is 29.0 Å². The highest BCUT2D eigenvalue weighted by Crippen LogP contribution is 2.57. The summed E-state index contributed by atoms with van der Waals surface area (Å²) in [6.07, 6.45) is 1.49. The van der Waals surface area contributed by atoms with Gasteiger partial charge in [-0.15, -0.1) is 0 Å². The molecule has 6 heteroatoms. The Morgan fingerprint density at radius 1 is 1.24 bits per heavy atom. The highest BCUT2D eigenvalue weighted by molar-refractivity contribution is 7.62. The molecule has 0 amide bonds. The van der Waals surface area contributed by atoms with Crippen molar-refractivity contribution in [1.29, 1.82) is 0 Å². The summed E-state index contributed by atoms with van der Waals surface area (Å²) < 4.78 is 24.6. The summed E-state index contributed by atoms with van der Waals surface area (Å²) in [4.78, 5) is 10.1. The summed E-state index contributed by atoms with van der Waals surface area (Å²) in [5.74, 6) is 1.34. The van der Waals surface area contributed by atoms with Crippen molar-refractivity contribution in [3.8, 4) is 5.75 Å².